The van der Waals surface area contributed by atoms with Crippen LogP contribution >= 0.6 is 0 Å². The lowest BCUT2D eigenvalue weighted by atomic mass is 10.0. The predicted molar refractivity (Wildman–Crippen MR) is 115 cm³/mol. The Kier molecular flexibility index (Phi) is 6.87. The van der Waals surface area contributed by atoms with Crippen LogP contribution in [0.15, 0.2) is 42.5 Å². The van der Waals surface area contributed by atoms with Gasteiger partial charge in [-0.2, -0.15) is 0 Å². The molecular weight excluding hydrogens is 380 g/mol. The van der Waals surface area contributed by atoms with E-state index in [1.165, 1.54) is 11.1 Å². The normalized spacial score (nSPS) is 17.6. The first-order chi connectivity index (χ1) is 14.7. The maximum Gasteiger partial charge on any atom is 0.352 e. The number of hydrogen-bond acceptors (Lipinski definition) is 6. The summed E-state index contributed by atoms with van der Waals surface area (Å²) in [6.07, 6.45) is 2.44. The fourth-order valence-electron chi connectivity index (χ4n) is 3.96. The maximum absolute atomic E-state index is 12.6. The molecule has 2 aliphatic heterocycles. The molecule has 0 bridgehead atoms. The van der Waals surface area contributed by atoms with Gasteiger partial charge in [-0.15, -0.1) is 0 Å². The van der Waals surface area contributed by atoms with Gasteiger partial charge in [0.15, 0.2) is 0 Å². The van der Waals surface area contributed by atoms with Crippen LogP contribution in [0, 0.1) is 0 Å². The Morgan fingerprint density at radius 3 is 2.53 bits per heavy atom. The molecule has 1 atom stereocenters. The van der Waals surface area contributed by atoms with E-state index in [-0.39, 0.29) is 12.1 Å². The van der Waals surface area contributed by atoms with Crippen molar-refractivity contribution in [1.82, 2.24) is 10.6 Å². The summed E-state index contributed by atoms with van der Waals surface area (Å²) in [6.45, 7) is 5.89. The average Bonchev–Trinajstić information content (AvgIpc) is 2.79. The molecule has 0 radical (unpaired) electrons. The van der Waals surface area contributed by atoms with Crippen LogP contribution in [0.1, 0.15) is 42.6 Å². The van der Waals surface area contributed by atoms with Gasteiger partial charge < -0.3 is 24.8 Å². The van der Waals surface area contributed by atoms with Crippen molar-refractivity contribution in [3.05, 3.63) is 59.2 Å². The minimum atomic E-state index is -0.813. The van der Waals surface area contributed by atoms with Crippen molar-refractivity contribution in [2.45, 2.75) is 44.9 Å². The smallest absolute Gasteiger partial charge is 0.352 e. The molecule has 30 heavy (non-hydrogen) atoms. The Morgan fingerprint density at radius 1 is 1.00 bits per heavy atom. The van der Waals surface area contributed by atoms with Crippen LogP contribution in [-0.2, 0) is 22.5 Å². The molecule has 4 rings (SSSR count). The van der Waals surface area contributed by atoms with E-state index >= 15 is 0 Å². The molecule has 160 valence electrons. The summed E-state index contributed by atoms with van der Waals surface area (Å²) in [5.74, 6) is 1.10. The number of nitrogens with one attached hydrogen (secondary N) is 2. The zero-order valence-electron chi connectivity index (χ0n) is 17.5. The van der Waals surface area contributed by atoms with Crippen LogP contribution in [0.3, 0.4) is 0 Å². The Bertz CT molecular complexity index is 847. The third-order valence-corrected chi connectivity index (χ3v) is 5.59. The number of fused-ring (bicyclic) bond motifs is 1. The van der Waals surface area contributed by atoms with Gasteiger partial charge >= 0.3 is 5.97 Å². The second kappa shape index (κ2) is 9.96. The van der Waals surface area contributed by atoms with Gasteiger partial charge in [0.2, 0.25) is 6.10 Å². The number of rotatable bonds is 7. The molecule has 2 aromatic rings. The van der Waals surface area contributed by atoms with Crippen LogP contribution in [0.4, 0.5) is 0 Å². The molecule has 1 fully saturated rings. The lowest BCUT2D eigenvalue weighted by molar-refractivity contribution is -0.151. The quantitative estimate of drug-likeness (QED) is 0.684. The van der Waals surface area contributed by atoms with E-state index in [0.717, 1.165) is 56.8 Å². The first kappa shape index (κ1) is 20.7. The first-order valence-electron chi connectivity index (χ1n) is 10.9. The van der Waals surface area contributed by atoms with E-state index in [0.29, 0.717) is 12.4 Å². The van der Waals surface area contributed by atoms with Gasteiger partial charge in [0.1, 0.15) is 17.6 Å². The summed E-state index contributed by atoms with van der Waals surface area (Å²) >= 11 is 0. The highest BCUT2D eigenvalue weighted by atomic mass is 16.6. The molecule has 2 aromatic carbocycles. The van der Waals surface area contributed by atoms with Crippen molar-refractivity contribution in [3.8, 4) is 11.5 Å². The molecule has 6 heteroatoms. The van der Waals surface area contributed by atoms with Crippen molar-refractivity contribution in [3.63, 3.8) is 0 Å². The third kappa shape index (κ3) is 5.12. The topological polar surface area (TPSA) is 68.8 Å². The highest BCUT2D eigenvalue weighted by Gasteiger charge is 2.25. The van der Waals surface area contributed by atoms with Crippen LogP contribution in [-0.4, -0.2) is 38.3 Å². The fraction of sp³-hybridized carbons (Fsp3) is 0.458. The molecule has 0 aromatic heterocycles. The van der Waals surface area contributed by atoms with E-state index in [1.54, 1.807) is 6.92 Å². The third-order valence-electron chi connectivity index (χ3n) is 5.59. The number of ether oxygens (including phenoxy) is 3. The van der Waals surface area contributed by atoms with Gasteiger partial charge in [0.05, 0.1) is 6.61 Å². The number of carbonyl (C=O) groups excluding carboxylic acids is 1. The van der Waals surface area contributed by atoms with Crippen LogP contribution in [0.5, 0.6) is 11.5 Å². The average molecular weight is 411 g/mol. The molecule has 0 spiro atoms. The molecule has 0 saturated carbocycles. The summed E-state index contributed by atoms with van der Waals surface area (Å²) in [7, 11) is 0. The summed E-state index contributed by atoms with van der Waals surface area (Å²) in [5, 5.41) is 6.71. The monoisotopic (exact) mass is 410 g/mol. The summed E-state index contributed by atoms with van der Waals surface area (Å²) < 4.78 is 17.5. The van der Waals surface area contributed by atoms with E-state index < -0.39 is 6.10 Å². The predicted octanol–water partition coefficient (Wildman–Crippen LogP) is 3.15. The minimum absolute atomic E-state index is 0.235. The van der Waals surface area contributed by atoms with Gasteiger partial charge in [-0.3, -0.25) is 0 Å². The van der Waals surface area contributed by atoms with Crippen molar-refractivity contribution in [1.29, 1.82) is 0 Å². The Balaban J connectivity index is 1.49. The van der Waals surface area contributed by atoms with Gasteiger partial charge in [0.25, 0.3) is 0 Å². The summed E-state index contributed by atoms with van der Waals surface area (Å²) in [6, 6.07) is 13.6. The number of piperidine rings is 1. The van der Waals surface area contributed by atoms with E-state index in [9.17, 15) is 4.79 Å². The van der Waals surface area contributed by atoms with E-state index in [2.05, 4.69) is 16.7 Å². The maximum atomic E-state index is 12.6. The number of benzene rings is 2. The van der Waals surface area contributed by atoms with Gasteiger partial charge in [-0.25, -0.2) is 4.79 Å². The fourth-order valence-corrected chi connectivity index (χ4v) is 3.96. The SMILES string of the molecule is CCOC(=O)C(Oc1ccc2c(c1)CNCC2)c1ccc(OC2CCNCC2)cc1. The van der Waals surface area contributed by atoms with Crippen molar-refractivity contribution in [2.75, 3.05) is 26.2 Å². The molecular formula is C24H30N2O4. The number of hydrogen-bond donors (Lipinski definition) is 2. The molecule has 1 saturated heterocycles. The highest BCUT2D eigenvalue weighted by molar-refractivity contribution is 5.77. The molecule has 1 unspecified atom stereocenters. The second-order valence-corrected chi connectivity index (χ2v) is 7.74. The molecule has 0 amide bonds. The molecule has 2 aliphatic rings. The Labute approximate surface area is 177 Å². The summed E-state index contributed by atoms with van der Waals surface area (Å²) in [4.78, 5) is 12.6. The van der Waals surface area contributed by atoms with Crippen LogP contribution < -0.4 is 20.1 Å². The molecule has 2 N–H and O–H groups in total. The molecule has 0 aliphatic carbocycles. The zero-order valence-corrected chi connectivity index (χ0v) is 17.5. The Hall–Kier alpha value is -2.57. The van der Waals surface area contributed by atoms with Crippen molar-refractivity contribution < 1.29 is 19.0 Å². The van der Waals surface area contributed by atoms with Crippen LogP contribution in [0.2, 0.25) is 0 Å². The summed E-state index contributed by atoms with van der Waals surface area (Å²) in [5.41, 5.74) is 3.29. The highest BCUT2D eigenvalue weighted by Crippen LogP contribution is 2.28. The second-order valence-electron chi connectivity index (χ2n) is 7.74. The first-order valence-corrected chi connectivity index (χ1v) is 10.9. The minimum Gasteiger partial charge on any atom is -0.490 e. The number of esters is 1. The largest absolute Gasteiger partial charge is 0.490 e. The lowest BCUT2D eigenvalue weighted by Crippen LogP contribution is -2.34. The van der Waals surface area contributed by atoms with E-state index in [1.807, 2.05) is 36.4 Å². The Morgan fingerprint density at radius 2 is 1.77 bits per heavy atom. The molecule has 2 heterocycles. The standard InChI is InChI=1S/C24H30N2O4/c1-2-28-24(27)23(30-22-8-3-17-9-12-26-16-19(17)15-22)18-4-6-20(7-5-18)29-21-10-13-25-14-11-21/h3-8,15,21,23,25-26H,2,9-14,16H2,1H3. The number of carbonyl (C=O) groups is 1. The zero-order chi connectivity index (χ0) is 20.8. The van der Waals surface area contributed by atoms with Gasteiger partial charge in [-0.1, -0.05) is 18.2 Å². The van der Waals surface area contributed by atoms with Gasteiger partial charge in [0, 0.05) is 12.1 Å². The lowest BCUT2D eigenvalue weighted by Gasteiger charge is -2.24. The van der Waals surface area contributed by atoms with Crippen molar-refractivity contribution >= 4 is 5.97 Å². The van der Waals surface area contributed by atoms with Crippen LogP contribution in [0.25, 0.3) is 0 Å². The van der Waals surface area contributed by atoms with Crippen molar-refractivity contribution in [2.24, 2.45) is 0 Å². The molecule has 6 nitrogen and oxygen atoms in total. The van der Waals surface area contributed by atoms with Gasteiger partial charge in [-0.05, 0) is 81.2 Å². The van der Waals surface area contributed by atoms with E-state index in [4.69, 9.17) is 14.2 Å².